The zero-order valence-corrected chi connectivity index (χ0v) is 17.1. The maximum Gasteiger partial charge on any atom is 0.328 e. The van der Waals surface area contributed by atoms with Gasteiger partial charge in [0.1, 0.15) is 18.8 Å². The molecule has 3 rings (SSSR count). The van der Waals surface area contributed by atoms with Crippen molar-refractivity contribution < 1.29 is 33.3 Å². The molecule has 4 amide bonds. The summed E-state index contributed by atoms with van der Waals surface area (Å²) in [5, 5.41) is 4.06. The molecular weight excluding hydrogens is 404 g/mol. The highest BCUT2D eigenvalue weighted by Crippen LogP contribution is 2.30. The number of urea groups is 1. The van der Waals surface area contributed by atoms with Crippen LogP contribution in [0.3, 0.4) is 0 Å². The van der Waals surface area contributed by atoms with Crippen molar-refractivity contribution in [3.63, 3.8) is 0 Å². The van der Waals surface area contributed by atoms with Gasteiger partial charge in [0, 0.05) is 0 Å². The van der Waals surface area contributed by atoms with E-state index < -0.39 is 17.8 Å². The Morgan fingerprint density at radius 1 is 0.806 bits per heavy atom. The van der Waals surface area contributed by atoms with Crippen molar-refractivity contribution in [1.29, 1.82) is 0 Å². The molecule has 1 aliphatic heterocycles. The molecule has 1 fully saturated rings. The van der Waals surface area contributed by atoms with Crippen LogP contribution in [0, 0.1) is 0 Å². The Balaban J connectivity index is 1.67. The van der Waals surface area contributed by atoms with Crippen LogP contribution in [0.2, 0.25) is 0 Å². The smallest absolute Gasteiger partial charge is 0.328 e. The van der Waals surface area contributed by atoms with Crippen LogP contribution in [0.15, 0.2) is 48.0 Å². The fourth-order valence-electron chi connectivity index (χ4n) is 2.82. The van der Waals surface area contributed by atoms with E-state index in [2.05, 4.69) is 0 Å². The molecule has 0 radical (unpaired) electrons. The Bertz CT molecular complexity index is 995. The summed E-state index contributed by atoms with van der Waals surface area (Å²) in [4.78, 5) is 35.0. The number of nitrogens with one attached hydrogen (secondary N) is 2. The molecule has 2 N–H and O–H groups in total. The Morgan fingerprint density at radius 3 is 2.03 bits per heavy atom. The standard InChI is InChI=1S/C22H22N2O7/c1-3-29-19-13-14(12-15-20(25)23-22(27)24-21(15)26)8-9-18(19)31-11-10-30-17-7-5-4-6-16(17)28-2/h4-9,12-13H,3,10-11H2,1-2H3,(H2,23,24,25,26,27). The first kappa shape index (κ1) is 21.7. The number of imide groups is 2. The Morgan fingerprint density at radius 2 is 1.42 bits per heavy atom. The number of hydrogen-bond donors (Lipinski definition) is 2. The number of ether oxygens (including phenoxy) is 4. The molecule has 0 spiro atoms. The first-order valence-electron chi connectivity index (χ1n) is 9.55. The maximum absolute atomic E-state index is 11.9. The van der Waals surface area contributed by atoms with Crippen LogP contribution in [0.5, 0.6) is 23.0 Å². The second-order valence-corrected chi connectivity index (χ2v) is 6.28. The van der Waals surface area contributed by atoms with E-state index in [4.69, 9.17) is 18.9 Å². The van der Waals surface area contributed by atoms with E-state index in [0.29, 0.717) is 35.2 Å². The van der Waals surface area contributed by atoms with E-state index in [1.807, 2.05) is 29.7 Å². The maximum atomic E-state index is 11.9. The highest BCUT2D eigenvalue weighted by Gasteiger charge is 2.27. The molecule has 31 heavy (non-hydrogen) atoms. The van der Waals surface area contributed by atoms with Gasteiger partial charge >= 0.3 is 6.03 Å². The third-order valence-corrected chi connectivity index (χ3v) is 4.19. The highest BCUT2D eigenvalue weighted by molar-refractivity contribution is 6.31. The van der Waals surface area contributed by atoms with Crippen molar-refractivity contribution in [2.24, 2.45) is 0 Å². The van der Waals surface area contributed by atoms with Crippen LogP contribution in [0.1, 0.15) is 12.5 Å². The van der Waals surface area contributed by atoms with Gasteiger partial charge in [0.2, 0.25) is 0 Å². The summed E-state index contributed by atoms with van der Waals surface area (Å²) in [6.07, 6.45) is 1.37. The number of rotatable bonds is 9. The number of carbonyl (C=O) groups excluding carboxylic acids is 3. The molecule has 0 aliphatic carbocycles. The molecule has 0 aromatic heterocycles. The fraction of sp³-hybridized carbons (Fsp3) is 0.227. The number of amides is 4. The largest absolute Gasteiger partial charge is 0.493 e. The molecule has 0 bridgehead atoms. The van der Waals surface area contributed by atoms with Crippen molar-refractivity contribution in [3.05, 3.63) is 53.6 Å². The van der Waals surface area contributed by atoms with E-state index >= 15 is 0 Å². The number of para-hydroxylation sites is 2. The lowest BCUT2D eigenvalue weighted by Gasteiger charge is -2.15. The lowest BCUT2D eigenvalue weighted by Crippen LogP contribution is -2.51. The molecule has 2 aromatic rings. The molecule has 1 saturated heterocycles. The lowest BCUT2D eigenvalue weighted by atomic mass is 10.1. The minimum atomic E-state index is -0.846. The number of barbiturate groups is 1. The molecule has 0 unspecified atom stereocenters. The molecule has 162 valence electrons. The summed E-state index contributed by atoms with van der Waals surface area (Å²) < 4.78 is 22.3. The van der Waals surface area contributed by atoms with Gasteiger partial charge in [-0.05, 0) is 42.8 Å². The first-order valence-corrected chi connectivity index (χ1v) is 9.55. The van der Waals surface area contributed by atoms with Gasteiger partial charge in [0.15, 0.2) is 23.0 Å². The molecule has 9 heteroatoms. The van der Waals surface area contributed by atoms with Crippen molar-refractivity contribution in [2.45, 2.75) is 6.92 Å². The molecule has 1 heterocycles. The van der Waals surface area contributed by atoms with E-state index in [-0.39, 0.29) is 18.8 Å². The summed E-state index contributed by atoms with van der Waals surface area (Å²) in [5.74, 6) is 0.652. The fourth-order valence-corrected chi connectivity index (χ4v) is 2.82. The van der Waals surface area contributed by atoms with Gasteiger partial charge in [0.05, 0.1) is 13.7 Å². The summed E-state index contributed by atoms with van der Waals surface area (Å²) in [5.41, 5.74) is 0.358. The van der Waals surface area contributed by atoms with Crippen LogP contribution < -0.4 is 29.6 Å². The van der Waals surface area contributed by atoms with Crippen molar-refractivity contribution in [1.82, 2.24) is 10.6 Å². The third-order valence-electron chi connectivity index (χ3n) is 4.19. The SMILES string of the molecule is CCOc1cc(C=C2C(=O)NC(=O)NC2=O)ccc1OCCOc1ccccc1OC. The molecule has 0 atom stereocenters. The van der Waals surface area contributed by atoms with E-state index in [0.717, 1.165) is 0 Å². The number of hydrogen-bond acceptors (Lipinski definition) is 7. The van der Waals surface area contributed by atoms with E-state index in [1.54, 1.807) is 37.4 Å². The normalized spacial score (nSPS) is 13.2. The van der Waals surface area contributed by atoms with Crippen LogP contribution in [0.4, 0.5) is 4.79 Å². The molecular formula is C22H22N2O7. The average Bonchev–Trinajstić information content (AvgIpc) is 2.75. The Kier molecular flexibility index (Phi) is 7.10. The van der Waals surface area contributed by atoms with E-state index in [9.17, 15) is 14.4 Å². The van der Waals surface area contributed by atoms with Gasteiger partial charge in [-0.2, -0.15) is 0 Å². The van der Waals surface area contributed by atoms with E-state index in [1.165, 1.54) is 6.08 Å². The predicted octanol–water partition coefficient (Wildman–Crippen LogP) is 2.30. The molecule has 1 aliphatic rings. The predicted molar refractivity (Wildman–Crippen MR) is 111 cm³/mol. The third kappa shape index (κ3) is 5.53. The van der Waals surface area contributed by atoms with Crippen molar-refractivity contribution in [2.75, 3.05) is 26.9 Å². The van der Waals surface area contributed by atoms with Crippen molar-refractivity contribution >= 4 is 23.9 Å². The number of methoxy groups -OCH3 is 1. The minimum absolute atomic E-state index is 0.180. The zero-order chi connectivity index (χ0) is 22.2. The van der Waals surface area contributed by atoms with Crippen molar-refractivity contribution in [3.8, 4) is 23.0 Å². The van der Waals surface area contributed by atoms with Crippen LogP contribution >= 0.6 is 0 Å². The minimum Gasteiger partial charge on any atom is -0.493 e. The zero-order valence-electron chi connectivity index (χ0n) is 17.1. The van der Waals surface area contributed by atoms with Crippen LogP contribution in [-0.4, -0.2) is 44.8 Å². The second-order valence-electron chi connectivity index (χ2n) is 6.28. The topological polar surface area (TPSA) is 112 Å². The van der Waals surface area contributed by atoms with Gasteiger partial charge in [-0.3, -0.25) is 20.2 Å². The number of benzene rings is 2. The summed E-state index contributed by atoms with van der Waals surface area (Å²) in [6.45, 7) is 2.76. The quantitative estimate of drug-likeness (QED) is 0.359. The Labute approximate surface area is 178 Å². The van der Waals surface area contributed by atoms with Gasteiger partial charge in [0.25, 0.3) is 11.8 Å². The van der Waals surface area contributed by atoms with Gasteiger partial charge in [-0.25, -0.2) is 4.79 Å². The van der Waals surface area contributed by atoms with Gasteiger partial charge in [-0.15, -0.1) is 0 Å². The van der Waals surface area contributed by atoms with Crippen LogP contribution in [-0.2, 0) is 9.59 Å². The highest BCUT2D eigenvalue weighted by atomic mass is 16.5. The molecule has 2 aromatic carbocycles. The monoisotopic (exact) mass is 426 g/mol. The molecule has 0 saturated carbocycles. The summed E-state index contributed by atoms with van der Waals surface area (Å²) >= 11 is 0. The Hall–Kier alpha value is -4.01. The summed E-state index contributed by atoms with van der Waals surface area (Å²) in [7, 11) is 1.57. The van der Waals surface area contributed by atoms with Crippen LogP contribution in [0.25, 0.3) is 6.08 Å². The summed E-state index contributed by atoms with van der Waals surface area (Å²) in [6, 6.07) is 11.4. The lowest BCUT2D eigenvalue weighted by molar-refractivity contribution is -0.123. The van der Waals surface area contributed by atoms with Gasteiger partial charge < -0.3 is 18.9 Å². The first-order chi connectivity index (χ1) is 15.0. The average molecular weight is 426 g/mol. The number of carbonyl (C=O) groups is 3. The molecule has 9 nitrogen and oxygen atoms in total. The van der Waals surface area contributed by atoms with Gasteiger partial charge in [-0.1, -0.05) is 18.2 Å². The second kappa shape index (κ2) is 10.1.